The van der Waals surface area contributed by atoms with E-state index in [2.05, 4.69) is 6.58 Å². The summed E-state index contributed by atoms with van der Waals surface area (Å²) in [6.45, 7) is 9.96. The molecule has 92 valence electrons. The van der Waals surface area contributed by atoms with Crippen LogP contribution in [0, 0.1) is 5.92 Å². The molecule has 4 nitrogen and oxygen atoms in total. The van der Waals surface area contributed by atoms with Crippen LogP contribution in [0.5, 0.6) is 0 Å². The molecule has 0 radical (unpaired) electrons. The molecule has 0 rings (SSSR count). The Morgan fingerprint density at radius 2 is 2.06 bits per heavy atom. The molecule has 1 amide bonds. The van der Waals surface area contributed by atoms with Crippen molar-refractivity contribution in [3.63, 3.8) is 0 Å². The van der Waals surface area contributed by atoms with Gasteiger partial charge in [0.25, 0.3) is 0 Å². The molecule has 0 aromatic rings. The molecule has 0 atom stereocenters. The van der Waals surface area contributed by atoms with E-state index in [1.807, 2.05) is 13.8 Å². The molecule has 0 bridgehead atoms. The number of carbonyl (C=O) groups is 2. The van der Waals surface area contributed by atoms with E-state index in [-0.39, 0.29) is 24.3 Å². The van der Waals surface area contributed by atoms with Crippen molar-refractivity contribution in [1.82, 2.24) is 4.90 Å². The lowest BCUT2D eigenvalue weighted by molar-refractivity contribution is -0.148. The molecule has 0 unspecified atom stereocenters. The predicted molar refractivity (Wildman–Crippen MR) is 62.9 cm³/mol. The van der Waals surface area contributed by atoms with Crippen LogP contribution in [0.3, 0.4) is 0 Å². The van der Waals surface area contributed by atoms with Gasteiger partial charge in [-0.05, 0) is 12.8 Å². The molecule has 0 fully saturated rings. The average Bonchev–Trinajstić information content (AvgIpc) is 2.16. The Hall–Kier alpha value is -1.32. The smallest absolute Gasteiger partial charge is 0.325 e. The first kappa shape index (κ1) is 14.7. The maximum absolute atomic E-state index is 11.8. The standard InChI is InChI=1S/C12H21NO3/c1-5-7-13(9-12(15)16-6-2)11(14)8-10(3)4/h5,10H,1,6-9H2,2-4H3. The Morgan fingerprint density at radius 3 is 2.50 bits per heavy atom. The van der Waals surface area contributed by atoms with Gasteiger partial charge in [0.1, 0.15) is 6.54 Å². The lowest BCUT2D eigenvalue weighted by Crippen LogP contribution is -2.37. The van der Waals surface area contributed by atoms with Crippen LogP contribution in [0.15, 0.2) is 12.7 Å². The van der Waals surface area contributed by atoms with Gasteiger partial charge in [0, 0.05) is 13.0 Å². The van der Waals surface area contributed by atoms with Gasteiger partial charge >= 0.3 is 5.97 Å². The number of hydrogen-bond acceptors (Lipinski definition) is 3. The van der Waals surface area contributed by atoms with E-state index in [9.17, 15) is 9.59 Å². The monoisotopic (exact) mass is 227 g/mol. The molecule has 0 heterocycles. The summed E-state index contributed by atoms with van der Waals surface area (Å²) in [5.74, 6) is -0.133. The third-order valence-corrected chi connectivity index (χ3v) is 1.91. The van der Waals surface area contributed by atoms with Crippen molar-refractivity contribution < 1.29 is 14.3 Å². The fourth-order valence-corrected chi connectivity index (χ4v) is 1.25. The lowest BCUT2D eigenvalue weighted by atomic mass is 10.1. The Balaban J connectivity index is 4.30. The first-order valence-corrected chi connectivity index (χ1v) is 5.55. The lowest BCUT2D eigenvalue weighted by Gasteiger charge is -2.20. The van der Waals surface area contributed by atoms with Gasteiger partial charge in [-0.1, -0.05) is 19.9 Å². The summed E-state index contributed by atoms with van der Waals surface area (Å²) in [6, 6.07) is 0. The molecule has 16 heavy (non-hydrogen) atoms. The molecule has 4 heteroatoms. The van der Waals surface area contributed by atoms with Crippen molar-refractivity contribution in [3.8, 4) is 0 Å². The largest absolute Gasteiger partial charge is 0.465 e. The summed E-state index contributed by atoms with van der Waals surface area (Å²) in [6.07, 6.45) is 2.05. The molecular formula is C12H21NO3. The maximum Gasteiger partial charge on any atom is 0.325 e. The average molecular weight is 227 g/mol. The Morgan fingerprint density at radius 1 is 1.44 bits per heavy atom. The predicted octanol–water partition coefficient (Wildman–Crippen LogP) is 1.61. The molecular weight excluding hydrogens is 206 g/mol. The van der Waals surface area contributed by atoms with Gasteiger partial charge in [0.2, 0.25) is 5.91 Å². The normalized spacial score (nSPS) is 10.0. The van der Waals surface area contributed by atoms with E-state index >= 15 is 0 Å². The molecule has 0 aliphatic carbocycles. The van der Waals surface area contributed by atoms with Gasteiger partial charge in [-0.15, -0.1) is 6.58 Å². The van der Waals surface area contributed by atoms with E-state index in [0.29, 0.717) is 19.6 Å². The minimum Gasteiger partial charge on any atom is -0.465 e. The maximum atomic E-state index is 11.8. The molecule has 0 N–H and O–H groups in total. The second-order valence-electron chi connectivity index (χ2n) is 3.97. The van der Waals surface area contributed by atoms with E-state index in [1.54, 1.807) is 13.0 Å². The zero-order chi connectivity index (χ0) is 12.6. The zero-order valence-electron chi connectivity index (χ0n) is 10.4. The molecule has 0 saturated carbocycles. The molecule has 0 saturated heterocycles. The van der Waals surface area contributed by atoms with Crippen LogP contribution in [-0.2, 0) is 14.3 Å². The highest BCUT2D eigenvalue weighted by Crippen LogP contribution is 2.04. The van der Waals surface area contributed by atoms with Crippen molar-refractivity contribution >= 4 is 11.9 Å². The van der Waals surface area contributed by atoms with Crippen molar-refractivity contribution in [2.45, 2.75) is 27.2 Å². The third kappa shape index (κ3) is 6.22. The summed E-state index contributed by atoms with van der Waals surface area (Å²) in [5, 5.41) is 0. The number of carbonyl (C=O) groups excluding carboxylic acids is 2. The van der Waals surface area contributed by atoms with Gasteiger partial charge in [-0.3, -0.25) is 9.59 Å². The summed E-state index contributed by atoms with van der Waals surface area (Å²) < 4.78 is 4.81. The Bertz CT molecular complexity index is 249. The quantitative estimate of drug-likeness (QED) is 0.490. The van der Waals surface area contributed by atoms with Crippen molar-refractivity contribution in [3.05, 3.63) is 12.7 Å². The number of nitrogens with zero attached hydrogens (tertiary/aromatic N) is 1. The van der Waals surface area contributed by atoms with Crippen LogP contribution < -0.4 is 0 Å². The summed E-state index contributed by atoms with van der Waals surface area (Å²) >= 11 is 0. The van der Waals surface area contributed by atoms with Crippen LogP contribution >= 0.6 is 0 Å². The minimum atomic E-state index is -0.374. The summed E-state index contributed by atoms with van der Waals surface area (Å²) in [5.41, 5.74) is 0. The number of amides is 1. The van der Waals surface area contributed by atoms with Crippen molar-refractivity contribution in [2.75, 3.05) is 19.7 Å². The summed E-state index contributed by atoms with van der Waals surface area (Å²) in [7, 11) is 0. The Labute approximate surface area is 97.3 Å². The SMILES string of the molecule is C=CCN(CC(=O)OCC)C(=O)CC(C)C. The van der Waals surface area contributed by atoms with E-state index in [4.69, 9.17) is 4.74 Å². The molecule has 0 aliphatic rings. The number of esters is 1. The fourth-order valence-electron chi connectivity index (χ4n) is 1.25. The molecule has 0 spiro atoms. The molecule has 0 aromatic carbocycles. The highest BCUT2D eigenvalue weighted by atomic mass is 16.5. The van der Waals surface area contributed by atoms with Gasteiger partial charge in [0.15, 0.2) is 0 Å². The minimum absolute atomic E-state index is 0.00537. The Kier molecular flexibility index (Phi) is 7.25. The van der Waals surface area contributed by atoms with Crippen LogP contribution in [0.1, 0.15) is 27.2 Å². The van der Waals surface area contributed by atoms with E-state index in [1.165, 1.54) is 4.90 Å². The zero-order valence-corrected chi connectivity index (χ0v) is 10.4. The van der Waals surface area contributed by atoms with E-state index < -0.39 is 0 Å². The van der Waals surface area contributed by atoms with Crippen LogP contribution in [-0.4, -0.2) is 36.5 Å². The van der Waals surface area contributed by atoms with Crippen molar-refractivity contribution in [1.29, 1.82) is 0 Å². The highest BCUT2D eigenvalue weighted by molar-refractivity contribution is 5.82. The van der Waals surface area contributed by atoms with Gasteiger partial charge in [-0.25, -0.2) is 0 Å². The first-order chi connectivity index (χ1) is 7.51. The number of ether oxygens (including phenoxy) is 1. The van der Waals surface area contributed by atoms with Crippen molar-refractivity contribution in [2.24, 2.45) is 5.92 Å². The second kappa shape index (κ2) is 7.91. The topological polar surface area (TPSA) is 46.6 Å². The van der Waals surface area contributed by atoms with Crippen LogP contribution in [0.4, 0.5) is 0 Å². The van der Waals surface area contributed by atoms with Gasteiger partial charge < -0.3 is 9.64 Å². The van der Waals surface area contributed by atoms with Crippen LogP contribution in [0.2, 0.25) is 0 Å². The molecule has 0 aromatic heterocycles. The van der Waals surface area contributed by atoms with Gasteiger partial charge in [0.05, 0.1) is 6.61 Å². The first-order valence-electron chi connectivity index (χ1n) is 5.55. The second-order valence-corrected chi connectivity index (χ2v) is 3.97. The number of rotatable bonds is 7. The number of hydrogen-bond donors (Lipinski definition) is 0. The fraction of sp³-hybridized carbons (Fsp3) is 0.667. The molecule has 0 aliphatic heterocycles. The van der Waals surface area contributed by atoms with Gasteiger partial charge in [-0.2, -0.15) is 0 Å². The van der Waals surface area contributed by atoms with Crippen LogP contribution in [0.25, 0.3) is 0 Å². The third-order valence-electron chi connectivity index (χ3n) is 1.91. The van der Waals surface area contributed by atoms with E-state index in [0.717, 1.165) is 0 Å². The highest BCUT2D eigenvalue weighted by Gasteiger charge is 2.17. The summed E-state index contributed by atoms with van der Waals surface area (Å²) in [4.78, 5) is 24.5.